The topological polar surface area (TPSA) is 45.5 Å². The van der Waals surface area contributed by atoms with Gasteiger partial charge in [-0.3, -0.25) is 0 Å². The van der Waals surface area contributed by atoms with Crippen molar-refractivity contribution < 1.29 is 14.2 Å². The average molecular weight is 482 g/mol. The van der Waals surface area contributed by atoms with Crippen LogP contribution in [0.2, 0.25) is 15.1 Å². The highest BCUT2D eigenvalue weighted by molar-refractivity contribution is 6.40. The first kappa shape index (κ1) is 22.4. The van der Waals surface area contributed by atoms with Crippen molar-refractivity contribution >= 4 is 34.8 Å². The van der Waals surface area contributed by atoms with Gasteiger partial charge >= 0.3 is 0 Å². The highest BCUT2D eigenvalue weighted by Gasteiger charge is 2.42. The molecular formula is C23H23Cl3N2O3. The summed E-state index contributed by atoms with van der Waals surface area (Å²) in [5, 5.41) is 1.18. The summed E-state index contributed by atoms with van der Waals surface area (Å²) in [5.74, 6) is -0.379. The van der Waals surface area contributed by atoms with Crippen molar-refractivity contribution in [1.29, 1.82) is 0 Å². The normalized spacial score (nSPS) is 20.8. The fraction of sp³-hybridized carbons (Fsp3) is 0.348. The summed E-state index contributed by atoms with van der Waals surface area (Å²) >= 11 is 18.4. The lowest BCUT2D eigenvalue weighted by molar-refractivity contribution is -0.184. The fourth-order valence-electron chi connectivity index (χ4n) is 3.58. The van der Waals surface area contributed by atoms with Crippen molar-refractivity contribution in [3.8, 4) is 5.75 Å². The molecule has 2 atom stereocenters. The third-order valence-electron chi connectivity index (χ3n) is 5.19. The van der Waals surface area contributed by atoms with Crippen molar-refractivity contribution in [2.24, 2.45) is 0 Å². The molecule has 164 valence electrons. The molecule has 0 radical (unpaired) electrons. The summed E-state index contributed by atoms with van der Waals surface area (Å²) in [4.78, 5) is 4.13. The van der Waals surface area contributed by atoms with Crippen LogP contribution in [0.5, 0.6) is 5.75 Å². The molecule has 2 aromatic carbocycles. The second-order valence-electron chi connectivity index (χ2n) is 7.69. The molecule has 0 amide bonds. The van der Waals surface area contributed by atoms with Gasteiger partial charge in [-0.1, -0.05) is 64.6 Å². The van der Waals surface area contributed by atoms with Gasteiger partial charge in [-0.25, -0.2) is 4.98 Å². The zero-order chi connectivity index (χ0) is 21.8. The fourth-order valence-corrected chi connectivity index (χ4v) is 4.51. The quantitative estimate of drug-likeness (QED) is 0.397. The summed E-state index contributed by atoms with van der Waals surface area (Å²) in [6.07, 6.45) is 6.68. The predicted molar refractivity (Wildman–Crippen MR) is 122 cm³/mol. The molecule has 1 fully saturated rings. The van der Waals surface area contributed by atoms with Crippen molar-refractivity contribution in [1.82, 2.24) is 9.55 Å². The molecule has 4 rings (SSSR count). The SMILES string of the molecule is Cc1ccc(CCC2(Cn3ccnc3)OCC(COc3c(Cl)cc(Cl)cc3Cl)O2)cc1. The summed E-state index contributed by atoms with van der Waals surface area (Å²) in [7, 11) is 0. The highest BCUT2D eigenvalue weighted by atomic mass is 35.5. The molecule has 3 aromatic rings. The first-order valence-electron chi connectivity index (χ1n) is 10.0. The lowest BCUT2D eigenvalue weighted by Crippen LogP contribution is -2.37. The van der Waals surface area contributed by atoms with Crippen LogP contribution in [0, 0.1) is 6.92 Å². The molecule has 31 heavy (non-hydrogen) atoms. The van der Waals surface area contributed by atoms with E-state index in [4.69, 9.17) is 49.0 Å². The highest BCUT2D eigenvalue weighted by Crippen LogP contribution is 2.37. The Labute approximate surface area is 196 Å². The van der Waals surface area contributed by atoms with Crippen LogP contribution in [-0.2, 0) is 22.4 Å². The molecule has 1 saturated heterocycles. The van der Waals surface area contributed by atoms with Crippen LogP contribution in [0.3, 0.4) is 0 Å². The molecule has 8 heteroatoms. The van der Waals surface area contributed by atoms with Gasteiger partial charge < -0.3 is 18.8 Å². The van der Waals surface area contributed by atoms with Crippen LogP contribution >= 0.6 is 34.8 Å². The Bertz CT molecular complexity index is 988. The number of benzene rings is 2. The Kier molecular flexibility index (Phi) is 7.09. The lowest BCUT2D eigenvalue weighted by atomic mass is 10.0. The minimum atomic E-state index is -0.771. The number of hydrogen-bond acceptors (Lipinski definition) is 4. The Balaban J connectivity index is 1.43. The zero-order valence-corrected chi connectivity index (χ0v) is 19.3. The number of aryl methyl sites for hydroxylation is 2. The number of ether oxygens (including phenoxy) is 3. The van der Waals surface area contributed by atoms with E-state index in [1.165, 1.54) is 11.1 Å². The Morgan fingerprint density at radius 2 is 1.90 bits per heavy atom. The van der Waals surface area contributed by atoms with Crippen LogP contribution < -0.4 is 4.74 Å². The number of nitrogens with zero attached hydrogens (tertiary/aromatic N) is 2. The molecule has 2 unspecified atom stereocenters. The molecule has 0 saturated carbocycles. The largest absolute Gasteiger partial charge is 0.488 e. The van der Waals surface area contributed by atoms with Crippen LogP contribution in [0.1, 0.15) is 17.5 Å². The van der Waals surface area contributed by atoms with Gasteiger partial charge in [0.05, 0.1) is 29.5 Å². The van der Waals surface area contributed by atoms with Crippen molar-refractivity contribution in [2.45, 2.75) is 38.2 Å². The van der Waals surface area contributed by atoms with Crippen molar-refractivity contribution in [3.63, 3.8) is 0 Å². The molecular weight excluding hydrogens is 459 g/mol. The third kappa shape index (κ3) is 5.73. The molecule has 2 heterocycles. The Morgan fingerprint density at radius 1 is 1.16 bits per heavy atom. The molecule has 5 nitrogen and oxygen atoms in total. The number of halogens is 3. The molecule has 0 aliphatic carbocycles. The van der Waals surface area contributed by atoms with Crippen molar-refractivity contribution in [2.75, 3.05) is 13.2 Å². The van der Waals surface area contributed by atoms with Crippen LogP contribution in [0.25, 0.3) is 0 Å². The molecule has 1 aliphatic heterocycles. The smallest absolute Gasteiger partial charge is 0.187 e. The molecule has 0 bridgehead atoms. The lowest BCUT2D eigenvalue weighted by Gasteiger charge is -2.28. The molecule has 0 spiro atoms. The average Bonchev–Trinajstić information content (AvgIpc) is 3.37. The number of imidazole rings is 1. The first-order valence-corrected chi connectivity index (χ1v) is 11.2. The maximum absolute atomic E-state index is 6.38. The van der Waals surface area contributed by atoms with Gasteiger partial charge in [0.25, 0.3) is 0 Å². The maximum Gasteiger partial charge on any atom is 0.187 e. The van der Waals surface area contributed by atoms with E-state index in [1.54, 1.807) is 24.7 Å². The van der Waals surface area contributed by atoms with E-state index >= 15 is 0 Å². The van der Waals surface area contributed by atoms with Crippen LogP contribution in [0.4, 0.5) is 0 Å². The van der Waals surface area contributed by atoms with E-state index < -0.39 is 5.79 Å². The molecule has 0 N–H and O–H groups in total. The third-order valence-corrected chi connectivity index (χ3v) is 5.97. The van der Waals surface area contributed by atoms with Gasteiger partial charge in [0, 0.05) is 23.8 Å². The molecule has 1 aliphatic rings. The standard InChI is InChI=1S/C23H23Cl3N2O3/c1-16-2-4-17(5-3-16)6-7-23(14-28-9-8-27-15-28)30-13-19(31-23)12-29-22-20(25)10-18(24)11-21(22)26/h2-5,8-11,15,19H,6-7,12-14H2,1H3. The second kappa shape index (κ2) is 9.80. The summed E-state index contributed by atoms with van der Waals surface area (Å²) < 4.78 is 20.4. The summed E-state index contributed by atoms with van der Waals surface area (Å²) in [6.45, 7) is 3.29. The van der Waals surface area contributed by atoms with Crippen LogP contribution in [0.15, 0.2) is 55.1 Å². The van der Waals surface area contributed by atoms with Crippen LogP contribution in [-0.4, -0.2) is 34.7 Å². The maximum atomic E-state index is 6.38. The van der Waals surface area contributed by atoms with Gasteiger partial charge in [0.2, 0.25) is 0 Å². The Hall–Kier alpha value is -1.76. The predicted octanol–water partition coefficient (Wildman–Crippen LogP) is 5.98. The minimum Gasteiger partial charge on any atom is -0.488 e. The molecule has 1 aromatic heterocycles. The van der Waals surface area contributed by atoms with E-state index in [9.17, 15) is 0 Å². The monoisotopic (exact) mass is 480 g/mol. The summed E-state index contributed by atoms with van der Waals surface area (Å²) in [6, 6.07) is 11.7. The number of hydrogen-bond donors (Lipinski definition) is 0. The minimum absolute atomic E-state index is 0.260. The Morgan fingerprint density at radius 3 is 2.58 bits per heavy atom. The number of rotatable bonds is 8. The van der Waals surface area contributed by atoms with Crippen molar-refractivity contribution in [3.05, 3.63) is 81.3 Å². The zero-order valence-electron chi connectivity index (χ0n) is 17.1. The van der Waals surface area contributed by atoms with Gasteiger partial charge in [-0.15, -0.1) is 0 Å². The second-order valence-corrected chi connectivity index (χ2v) is 8.94. The van der Waals surface area contributed by atoms with Gasteiger partial charge in [-0.2, -0.15) is 0 Å². The van der Waals surface area contributed by atoms with E-state index in [2.05, 4.69) is 36.2 Å². The van der Waals surface area contributed by atoms with E-state index in [-0.39, 0.29) is 12.7 Å². The van der Waals surface area contributed by atoms with Gasteiger partial charge in [0.15, 0.2) is 11.5 Å². The van der Waals surface area contributed by atoms with Gasteiger partial charge in [-0.05, 0) is 31.0 Å². The van der Waals surface area contributed by atoms with E-state index in [1.807, 2.05) is 10.8 Å². The number of aromatic nitrogens is 2. The van der Waals surface area contributed by atoms with Gasteiger partial charge in [0.1, 0.15) is 12.7 Å². The van der Waals surface area contributed by atoms with E-state index in [0.717, 1.165) is 6.42 Å². The first-order chi connectivity index (χ1) is 14.9. The summed E-state index contributed by atoms with van der Waals surface area (Å²) in [5.41, 5.74) is 2.48. The van der Waals surface area contributed by atoms with E-state index in [0.29, 0.717) is 40.4 Å².